The normalized spacial score (nSPS) is 11.3. The van der Waals surface area contributed by atoms with Crippen molar-refractivity contribution in [1.29, 1.82) is 0 Å². The van der Waals surface area contributed by atoms with Gasteiger partial charge in [0.05, 0.1) is 9.73 Å². The van der Waals surface area contributed by atoms with Crippen molar-refractivity contribution in [3.05, 3.63) is 124 Å². The van der Waals surface area contributed by atoms with E-state index in [0.29, 0.717) is 0 Å². The van der Waals surface area contributed by atoms with Crippen LogP contribution in [0.15, 0.2) is 115 Å². The average Bonchev–Trinajstić information content (AvgIpc) is 2.75. The number of halogens is 1. The molecule has 4 rings (SSSR count). The summed E-state index contributed by atoms with van der Waals surface area (Å²) in [4.78, 5) is 0. The minimum atomic E-state index is -1.82. The van der Waals surface area contributed by atoms with Crippen LogP contribution >= 0.6 is 29.9 Å². The molecule has 0 spiro atoms. The highest BCUT2D eigenvalue weighted by molar-refractivity contribution is 14.1. The molecule has 0 atom stereocenters. The zero-order valence-electron chi connectivity index (χ0n) is 15.0. The van der Waals surface area contributed by atoms with E-state index in [1.165, 1.54) is 25.0 Å². The Balaban J connectivity index is 2.04. The number of hydrogen-bond acceptors (Lipinski definition) is 0. The lowest BCUT2D eigenvalue weighted by Crippen LogP contribution is -2.33. The third kappa shape index (κ3) is 3.72. The molecule has 0 aliphatic heterocycles. The first kappa shape index (κ1) is 18.4. The Morgan fingerprint density at radius 3 is 1.48 bits per heavy atom. The predicted octanol–water partition coefficient (Wildman–Crippen LogP) is 5.79. The largest absolute Gasteiger partial charge is 0.118 e. The lowest BCUT2D eigenvalue weighted by Gasteiger charge is -2.28. The first-order valence-corrected chi connectivity index (χ1v) is 12.1. The summed E-state index contributed by atoms with van der Waals surface area (Å²) in [6.45, 7) is 0. The molecule has 0 aliphatic rings. The smallest absolute Gasteiger partial charge is 0.0622 e. The van der Waals surface area contributed by atoms with Gasteiger partial charge in [-0.2, -0.15) is 0 Å². The standard InChI is InChI=1S/C25H21IP/c26-24-18-10-11-19-25(24)27(22-14-6-2-7-15-22,23-16-8-3-9-17-23)20-21-12-4-1-5-13-21/h1-19H,20H2/q+1. The van der Waals surface area contributed by atoms with Crippen molar-refractivity contribution in [1.82, 2.24) is 0 Å². The van der Waals surface area contributed by atoms with Gasteiger partial charge in [0.2, 0.25) is 0 Å². The van der Waals surface area contributed by atoms with E-state index in [0.717, 1.165) is 6.16 Å². The minimum Gasteiger partial charge on any atom is -0.0622 e. The molecule has 27 heavy (non-hydrogen) atoms. The fraction of sp³-hybridized carbons (Fsp3) is 0.0400. The first-order valence-electron chi connectivity index (χ1n) is 9.09. The molecule has 0 aromatic heterocycles. The fourth-order valence-electron chi connectivity index (χ4n) is 3.68. The molecule has 0 fully saturated rings. The molecule has 0 heterocycles. The van der Waals surface area contributed by atoms with Gasteiger partial charge in [-0.05, 0) is 64.6 Å². The van der Waals surface area contributed by atoms with Crippen LogP contribution in [0.2, 0.25) is 0 Å². The monoisotopic (exact) mass is 479 g/mol. The van der Waals surface area contributed by atoms with Gasteiger partial charge in [0.15, 0.2) is 0 Å². The average molecular weight is 479 g/mol. The van der Waals surface area contributed by atoms with Crippen molar-refractivity contribution >= 4 is 45.8 Å². The highest BCUT2D eigenvalue weighted by Crippen LogP contribution is 2.58. The highest BCUT2D eigenvalue weighted by atomic mass is 127. The fourth-order valence-corrected chi connectivity index (χ4v) is 9.59. The molecule has 0 bridgehead atoms. The van der Waals surface area contributed by atoms with Crippen molar-refractivity contribution in [3.63, 3.8) is 0 Å². The zero-order chi connectivity index (χ0) is 18.5. The van der Waals surface area contributed by atoms with Crippen molar-refractivity contribution in [2.45, 2.75) is 6.16 Å². The summed E-state index contributed by atoms with van der Waals surface area (Å²) in [7, 11) is -1.82. The molecule has 0 amide bonds. The first-order chi connectivity index (χ1) is 13.3. The molecule has 0 radical (unpaired) electrons. The van der Waals surface area contributed by atoms with Crippen molar-refractivity contribution in [2.24, 2.45) is 0 Å². The van der Waals surface area contributed by atoms with Crippen LogP contribution in [-0.2, 0) is 6.16 Å². The lowest BCUT2D eigenvalue weighted by atomic mass is 10.2. The van der Waals surface area contributed by atoms with Gasteiger partial charge in [-0.3, -0.25) is 0 Å². The highest BCUT2D eigenvalue weighted by Gasteiger charge is 2.46. The van der Waals surface area contributed by atoms with Gasteiger partial charge in [0.25, 0.3) is 0 Å². The molecule has 0 saturated heterocycles. The number of benzene rings is 4. The number of rotatable bonds is 5. The molecule has 0 N–H and O–H groups in total. The van der Waals surface area contributed by atoms with Gasteiger partial charge in [0, 0.05) is 0 Å². The lowest BCUT2D eigenvalue weighted by molar-refractivity contribution is 1.39. The molecule has 0 nitrogen and oxygen atoms in total. The van der Waals surface area contributed by atoms with E-state index < -0.39 is 7.26 Å². The van der Waals surface area contributed by atoms with Gasteiger partial charge in [-0.1, -0.05) is 78.9 Å². The molecular formula is C25H21IP+. The summed E-state index contributed by atoms with van der Waals surface area (Å²) in [6, 6.07) is 42.0. The predicted molar refractivity (Wildman–Crippen MR) is 128 cm³/mol. The Morgan fingerprint density at radius 2 is 0.963 bits per heavy atom. The van der Waals surface area contributed by atoms with Crippen molar-refractivity contribution in [2.75, 3.05) is 0 Å². The van der Waals surface area contributed by atoms with Crippen molar-refractivity contribution < 1.29 is 0 Å². The van der Waals surface area contributed by atoms with E-state index in [4.69, 9.17) is 0 Å². The second-order valence-electron chi connectivity index (χ2n) is 6.58. The summed E-state index contributed by atoms with van der Waals surface area (Å²) >= 11 is 2.51. The van der Waals surface area contributed by atoms with Crippen LogP contribution in [0.3, 0.4) is 0 Å². The molecule has 4 aromatic carbocycles. The quantitative estimate of drug-likeness (QED) is 0.251. The van der Waals surface area contributed by atoms with Gasteiger partial charge in [0.1, 0.15) is 23.2 Å². The van der Waals surface area contributed by atoms with E-state index in [9.17, 15) is 0 Å². The topological polar surface area (TPSA) is 0 Å². The van der Waals surface area contributed by atoms with Crippen LogP contribution in [-0.4, -0.2) is 0 Å². The Kier molecular flexibility index (Phi) is 5.71. The molecular weight excluding hydrogens is 458 g/mol. The van der Waals surface area contributed by atoms with E-state index >= 15 is 0 Å². The third-order valence-corrected chi connectivity index (χ3v) is 10.7. The zero-order valence-corrected chi connectivity index (χ0v) is 18.1. The van der Waals surface area contributed by atoms with E-state index in [1.807, 2.05) is 0 Å². The maximum Gasteiger partial charge on any atom is 0.118 e. The maximum absolute atomic E-state index is 2.51. The SMILES string of the molecule is Ic1ccccc1[P+](Cc1ccccc1)(c1ccccc1)c1ccccc1. The molecule has 0 saturated carbocycles. The molecule has 2 heteroatoms. The molecule has 4 aromatic rings. The number of hydrogen-bond donors (Lipinski definition) is 0. The maximum atomic E-state index is 2.51. The summed E-state index contributed by atoms with van der Waals surface area (Å²) in [5.41, 5.74) is 1.39. The van der Waals surface area contributed by atoms with Gasteiger partial charge < -0.3 is 0 Å². The minimum absolute atomic E-state index is 1.03. The second-order valence-corrected chi connectivity index (χ2v) is 11.2. The Morgan fingerprint density at radius 1 is 0.519 bits per heavy atom. The van der Waals surface area contributed by atoms with Crippen LogP contribution in [0.1, 0.15) is 5.56 Å². The van der Waals surface area contributed by atoms with Gasteiger partial charge in [-0.25, -0.2) is 0 Å². The van der Waals surface area contributed by atoms with Gasteiger partial charge in [-0.15, -0.1) is 0 Å². The van der Waals surface area contributed by atoms with E-state index in [-0.39, 0.29) is 0 Å². The van der Waals surface area contributed by atoms with Crippen LogP contribution < -0.4 is 15.9 Å². The molecule has 0 unspecified atom stereocenters. The summed E-state index contributed by atoms with van der Waals surface area (Å²) in [5.74, 6) is 0. The van der Waals surface area contributed by atoms with Crippen LogP contribution in [0.5, 0.6) is 0 Å². The van der Waals surface area contributed by atoms with E-state index in [1.54, 1.807) is 0 Å². The third-order valence-electron chi connectivity index (χ3n) is 4.92. The Labute approximate surface area is 175 Å². The summed E-state index contributed by atoms with van der Waals surface area (Å²) in [6.07, 6.45) is 1.03. The van der Waals surface area contributed by atoms with E-state index in [2.05, 4.69) is 138 Å². The summed E-state index contributed by atoms with van der Waals surface area (Å²) < 4.78 is 1.34. The van der Waals surface area contributed by atoms with Crippen LogP contribution in [0.4, 0.5) is 0 Å². The summed E-state index contributed by atoms with van der Waals surface area (Å²) in [5, 5.41) is 4.33. The van der Waals surface area contributed by atoms with Crippen molar-refractivity contribution in [3.8, 4) is 0 Å². The molecule has 132 valence electrons. The molecule has 0 aliphatic carbocycles. The second kappa shape index (κ2) is 8.37. The van der Waals surface area contributed by atoms with Crippen LogP contribution in [0.25, 0.3) is 0 Å². The Hall–Kier alpha value is -1.96. The Bertz CT molecular complexity index is 958. The van der Waals surface area contributed by atoms with Crippen LogP contribution in [0, 0.1) is 3.57 Å². The van der Waals surface area contributed by atoms with Gasteiger partial charge >= 0.3 is 0 Å².